The van der Waals surface area contributed by atoms with Gasteiger partial charge in [-0.2, -0.15) is 4.31 Å². The first kappa shape index (κ1) is 24.5. The molecule has 1 aromatic heterocycles. The number of rotatable bonds is 8. The minimum Gasteiger partial charge on any atom is -0.376 e. The molecule has 1 atom stereocenters. The Morgan fingerprint density at radius 3 is 2.44 bits per heavy atom. The molecule has 1 unspecified atom stereocenters. The SMILES string of the molecule is CC(=O)c1ccc(S(=O)(=O)N2CCC(C(=O)N(Cc3cccnc3)CC3CCCO3)CC2)cc1. The largest absolute Gasteiger partial charge is 0.376 e. The third-order valence-corrected chi connectivity index (χ3v) is 8.47. The molecule has 3 heterocycles. The Hall–Kier alpha value is -2.62. The van der Waals surface area contributed by atoms with Gasteiger partial charge in [0, 0.05) is 56.7 Å². The van der Waals surface area contributed by atoms with E-state index in [2.05, 4.69) is 4.98 Å². The minimum absolute atomic E-state index is 0.0408. The van der Waals surface area contributed by atoms with Crippen LogP contribution in [0.25, 0.3) is 0 Å². The average Bonchev–Trinajstić information content (AvgIpc) is 3.37. The van der Waals surface area contributed by atoms with Gasteiger partial charge in [0.2, 0.25) is 15.9 Å². The first-order valence-electron chi connectivity index (χ1n) is 11.7. The summed E-state index contributed by atoms with van der Waals surface area (Å²) in [6, 6.07) is 9.83. The number of sulfonamides is 1. The Labute approximate surface area is 201 Å². The molecular weight excluding hydrogens is 454 g/mol. The highest BCUT2D eigenvalue weighted by Crippen LogP contribution is 2.27. The zero-order chi connectivity index (χ0) is 24.1. The van der Waals surface area contributed by atoms with Gasteiger partial charge >= 0.3 is 0 Å². The van der Waals surface area contributed by atoms with Crippen molar-refractivity contribution in [1.82, 2.24) is 14.2 Å². The monoisotopic (exact) mass is 485 g/mol. The molecule has 34 heavy (non-hydrogen) atoms. The van der Waals surface area contributed by atoms with E-state index in [0.717, 1.165) is 25.0 Å². The number of Topliss-reactive ketones (excluding diaryl/α,β-unsaturated/α-hetero) is 1. The van der Waals surface area contributed by atoms with Crippen molar-refractivity contribution in [2.75, 3.05) is 26.2 Å². The molecule has 1 amide bonds. The van der Waals surface area contributed by atoms with Crippen LogP contribution in [0, 0.1) is 5.92 Å². The topological polar surface area (TPSA) is 96.9 Å². The Bertz CT molecular complexity index is 1090. The summed E-state index contributed by atoms with van der Waals surface area (Å²) in [6.07, 6.45) is 6.40. The smallest absolute Gasteiger partial charge is 0.243 e. The molecule has 9 heteroatoms. The number of piperidine rings is 1. The summed E-state index contributed by atoms with van der Waals surface area (Å²) in [4.78, 5) is 31.1. The van der Waals surface area contributed by atoms with E-state index in [0.29, 0.717) is 31.5 Å². The molecule has 2 fully saturated rings. The summed E-state index contributed by atoms with van der Waals surface area (Å²) < 4.78 is 33.4. The molecule has 0 saturated carbocycles. The lowest BCUT2D eigenvalue weighted by Crippen LogP contribution is -2.45. The van der Waals surface area contributed by atoms with Crippen LogP contribution >= 0.6 is 0 Å². The van der Waals surface area contributed by atoms with Crippen LogP contribution in [0.2, 0.25) is 0 Å². The maximum Gasteiger partial charge on any atom is 0.243 e. The second kappa shape index (κ2) is 10.8. The molecule has 182 valence electrons. The number of pyridine rings is 1. The number of benzene rings is 1. The lowest BCUT2D eigenvalue weighted by Gasteiger charge is -2.34. The molecule has 0 bridgehead atoms. The van der Waals surface area contributed by atoms with Crippen molar-refractivity contribution in [3.63, 3.8) is 0 Å². The summed E-state index contributed by atoms with van der Waals surface area (Å²) in [7, 11) is -3.67. The van der Waals surface area contributed by atoms with Gasteiger partial charge in [0.15, 0.2) is 5.78 Å². The van der Waals surface area contributed by atoms with Gasteiger partial charge in [-0.25, -0.2) is 8.42 Å². The highest BCUT2D eigenvalue weighted by Gasteiger charge is 2.35. The molecule has 2 aliphatic heterocycles. The van der Waals surface area contributed by atoms with Crippen LogP contribution < -0.4 is 0 Å². The number of ether oxygens (including phenoxy) is 1. The third-order valence-electron chi connectivity index (χ3n) is 6.56. The maximum absolute atomic E-state index is 13.5. The molecular formula is C25H31N3O5S. The number of aromatic nitrogens is 1. The lowest BCUT2D eigenvalue weighted by atomic mass is 9.96. The highest BCUT2D eigenvalue weighted by molar-refractivity contribution is 7.89. The fourth-order valence-corrected chi connectivity index (χ4v) is 6.06. The Morgan fingerprint density at radius 1 is 1.12 bits per heavy atom. The standard InChI is InChI=1S/C25H31N3O5S/c1-19(29)21-6-8-24(9-7-21)34(31,32)28-13-10-22(11-14-28)25(30)27(18-23-5-3-15-33-23)17-20-4-2-12-26-16-20/h2,4,6-9,12,16,22-23H,3,5,10-11,13-15,17-18H2,1H3. The zero-order valence-corrected chi connectivity index (χ0v) is 20.2. The van der Waals surface area contributed by atoms with E-state index in [-0.39, 0.29) is 41.7 Å². The van der Waals surface area contributed by atoms with Crippen LogP contribution in [-0.2, 0) is 26.1 Å². The van der Waals surface area contributed by atoms with E-state index in [4.69, 9.17) is 4.74 Å². The highest BCUT2D eigenvalue weighted by atomic mass is 32.2. The molecule has 0 spiro atoms. The van der Waals surface area contributed by atoms with Gasteiger partial charge in [0.25, 0.3) is 0 Å². The fourth-order valence-electron chi connectivity index (χ4n) is 4.59. The van der Waals surface area contributed by atoms with Crippen molar-refractivity contribution >= 4 is 21.7 Å². The quantitative estimate of drug-likeness (QED) is 0.534. The van der Waals surface area contributed by atoms with Crippen LogP contribution in [0.3, 0.4) is 0 Å². The number of carbonyl (C=O) groups is 2. The van der Waals surface area contributed by atoms with E-state index in [1.54, 1.807) is 12.4 Å². The molecule has 2 saturated heterocycles. The van der Waals surface area contributed by atoms with Gasteiger partial charge in [-0.3, -0.25) is 14.6 Å². The third kappa shape index (κ3) is 5.71. The Morgan fingerprint density at radius 2 is 1.85 bits per heavy atom. The molecule has 2 aromatic rings. The summed E-state index contributed by atoms with van der Waals surface area (Å²) in [6.45, 7) is 3.75. The molecule has 0 radical (unpaired) electrons. The number of ketones is 1. The number of carbonyl (C=O) groups excluding carboxylic acids is 2. The molecule has 0 aliphatic carbocycles. The van der Waals surface area contributed by atoms with Gasteiger partial charge in [-0.05, 0) is 56.4 Å². The van der Waals surface area contributed by atoms with Crippen molar-refractivity contribution in [3.8, 4) is 0 Å². The summed E-state index contributed by atoms with van der Waals surface area (Å²) in [5.74, 6) is -0.297. The molecule has 8 nitrogen and oxygen atoms in total. The van der Waals surface area contributed by atoms with Crippen LogP contribution in [0.5, 0.6) is 0 Å². The van der Waals surface area contributed by atoms with E-state index >= 15 is 0 Å². The van der Waals surface area contributed by atoms with Gasteiger partial charge in [-0.1, -0.05) is 18.2 Å². The molecule has 2 aliphatic rings. The van der Waals surface area contributed by atoms with Gasteiger partial charge in [-0.15, -0.1) is 0 Å². The number of amides is 1. The first-order valence-corrected chi connectivity index (χ1v) is 13.2. The Kier molecular flexibility index (Phi) is 7.75. The fraction of sp³-hybridized carbons (Fsp3) is 0.480. The Balaban J connectivity index is 1.41. The van der Waals surface area contributed by atoms with Crippen molar-refractivity contribution < 1.29 is 22.7 Å². The van der Waals surface area contributed by atoms with Gasteiger partial charge < -0.3 is 9.64 Å². The van der Waals surface area contributed by atoms with Crippen LogP contribution in [-0.4, -0.2) is 66.6 Å². The molecule has 0 N–H and O–H groups in total. The normalized spacial score (nSPS) is 19.7. The predicted molar refractivity (Wildman–Crippen MR) is 127 cm³/mol. The van der Waals surface area contributed by atoms with E-state index in [9.17, 15) is 18.0 Å². The number of hydrogen-bond acceptors (Lipinski definition) is 6. The second-order valence-electron chi connectivity index (χ2n) is 8.97. The van der Waals surface area contributed by atoms with Crippen LogP contribution in [0.4, 0.5) is 0 Å². The van der Waals surface area contributed by atoms with E-state index in [1.165, 1.54) is 35.5 Å². The first-order chi connectivity index (χ1) is 16.3. The van der Waals surface area contributed by atoms with Crippen molar-refractivity contribution in [2.45, 2.75) is 50.2 Å². The average molecular weight is 486 g/mol. The van der Waals surface area contributed by atoms with Crippen LogP contribution in [0.1, 0.15) is 48.5 Å². The van der Waals surface area contributed by atoms with Crippen molar-refractivity contribution in [3.05, 3.63) is 59.9 Å². The number of nitrogens with zero attached hydrogens (tertiary/aromatic N) is 3. The lowest BCUT2D eigenvalue weighted by molar-refractivity contribution is -0.139. The summed E-state index contributed by atoms with van der Waals surface area (Å²) >= 11 is 0. The minimum atomic E-state index is -3.67. The maximum atomic E-state index is 13.5. The van der Waals surface area contributed by atoms with Crippen molar-refractivity contribution in [2.24, 2.45) is 5.92 Å². The molecule has 4 rings (SSSR count). The van der Waals surface area contributed by atoms with Crippen molar-refractivity contribution in [1.29, 1.82) is 0 Å². The van der Waals surface area contributed by atoms with E-state index < -0.39 is 10.0 Å². The summed E-state index contributed by atoms with van der Waals surface area (Å²) in [5, 5.41) is 0. The van der Waals surface area contributed by atoms with E-state index in [1.807, 2.05) is 17.0 Å². The van der Waals surface area contributed by atoms with Gasteiger partial charge in [0.1, 0.15) is 0 Å². The van der Waals surface area contributed by atoms with Crippen LogP contribution in [0.15, 0.2) is 53.7 Å². The molecule has 1 aromatic carbocycles. The number of hydrogen-bond donors (Lipinski definition) is 0. The summed E-state index contributed by atoms with van der Waals surface area (Å²) in [5.41, 5.74) is 1.44. The second-order valence-corrected chi connectivity index (χ2v) is 10.9. The predicted octanol–water partition coefficient (Wildman–Crippen LogP) is 2.89. The zero-order valence-electron chi connectivity index (χ0n) is 19.4. The van der Waals surface area contributed by atoms with Gasteiger partial charge in [0.05, 0.1) is 11.0 Å².